The molecule has 0 aromatic heterocycles. The number of hydrogen-bond donors (Lipinski definition) is 0. The highest BCUT2D eigenvalue weighted by Gasteiger charge is 2.13. The fourth-order valence-corrected chi connectivity index (χ4v) is 1.80. The van der Waals surface area contributed by atoms with Crippen molar-refractivity contribution in [1.82, 2.24) is 0 Å². The summed E-state index contributed by atoms with van der Waals surface area (Å²) in [6.07, 6.45) is 2.12. The molecule has 3 heteroatoms. The second-order valence-corrected chi connectivity index (χ2v) is 5.10. The highest BCUT2D eigenvalue weighted by atomic mass is 16.5. The van der Waals surface area contributed by atoms with E-state index in [1.807, 2.05) is 19.1 Å². The van der Waals surface area contributed by atoms with E-state index in [0.717, 1.165) is 18.4 Å². The average Bonchev–Trinajstić information content (AvgIpc) is 2.34. The molecule has 106 valence electrons. The Bertz CT molecular complexity index is 410. The SMILES string of the molecule is CCOC(=O)c1ccc(C)cc1OCCCC(C)C. The van der Waals surface area contributed by atoms with Gasteiger partial charge in [-0.05, 0) is 50.3 Å². The van der Waals surface area contributed by atoms with Crippen molar-refractivity contribution < 1.29 is 14.3 Å². The van der Waals surface area contributed by atoms with E-state index in [9.17, 15) is 4.79 Å². The number of aryl methyl sites for hydroxylation is 1. The highest BCUT2D eigenvalue weighted by Crippen LogP contribution is 2.22. The van der Waals surface area contributed by atoms with Crippen LogP contribution in [0, 0.1) is 12.8 Å². The van der Waals surface area contributed by atoms with Gasteiger partial charge in [0.15, 0.2) is 0 Å². The molecule has 0 spiro atoms. The lowest BCUT2D eigenvalue weighted by atomic mass is 10.1. The number of esters is 1. The van der Waals surface area contributed by atoms with Crippen LogP contribution in [-0.4, -0.2) is 19.2 Å². The molecule has 0 aliphatic carbocycles. The van der Waals surface area contributed by atoms with Gasteiger partial charge in [-0.25, -0.2) is 4.79 Å². The first-order valence-electron chi connectivity index (χ1n) is 6.95. The van der Waals surface area contributed by atoms with Gasteiger partial charge in [0.2, 0.25) is 0 Å². The van der Waals surface area contributed by atoms with Crippen LogP contribution in [0.1, 0.15) is 49.5 Å². The lowest BCUT2D eigenvalue weighted by Gasteiger charge is -2.12. The third kappa shape index (κ3) is 5.33. The second-order valence-electron chi connectivity index (χ2n) is 5.10. The van der Waals surface area contributed by atoms with Gasteiger partial charge in [0.25, 0.3) is 0 Å². The Morgan fingerprint density at radius 3 is 2.68 bits per heavy atom. The molecule has 0 saturated heterocycles. The monoisotopic (exact) mass is 264 g/mol. The first-order chi connectivity index (χ1) is 9.04. The number of carbonyl (C=O) groups is 1. The molecule has 1 aromatic carbocycles. The summed E-state index contributed by atoms with van der Waals surface area (Å²) in [5.74, 6) is 0.981. The van der Waals surface area contributed by atoms with Crippen LogP contribution in [0.3, 0.4) is 0 Å². The minimum Gasteiger partial charge on any atom is -0.493 e. The maximum Gasteiger partial charge on any atom is 0.341 e. The van der Waals surface area contributed by atoms with E-state index in [1.54, 1.807) is 13.0 Å². The molecule has 0 heterocycles. The van der Waals surface area contributed by atoms with Crippen LogP contribution in [0.2, 0.25) is 0 Å². The van der Waals surface area contributed by atoms with E-state index in [1.165, 1.54) is 0 Å². The van der Waals surface area contributed by atoms with Gasteiger partial charge in [-0.15, -0.1) is 0 Å². The van der Waals surface area contributed by atoms with Gasteiger partial charge in [-0.1, -0.05) is 19.9 Å². The zero-order valence-corrected chi connectivity index (χ0v) is 12.4. The zero-order valence-electron chi connectivity index (χ0n) is 12.4. The molecule has 0 aliphatic rings. The number of rotatable bonds is 7. The average molecular weight is 264 g/mol. The summed E-state index contributed by atoms with van der Waals surface area (Å²) < 4.78 is 10.8. The molecule has 19 heavy (non-hydrogen) atoms. The minimum atomic E-state index is -0.318. The maximum absolute atomic E-state index is 11.8. The summed E-state index contributed by atoms with van der Waals surface area (Å²) in [6.45, 7) is 9.17. The molecule has 0 radical (unpaired) electrons. The number of ether oxygens (including phenoxy) is 2. The normalized spacial score (nSPS) is 10.6. The summed E-state index contributed by atoms with van der Waals surface area (Å²) >= 11 is 0. The molecule has 0 bridgehead atoms. The van der Waals surface area contributed by atoms with Crippen molar-refractivity contribution in [2.24, 2.45) is 5.92 Å². The summed E-state index contributed by atoms with van der Waals surface area (Å²) in [6, 6.07) is 5.56. The van der Waals surface area contributed by atoms with E-state index in [2.05, 4.69) is 13.8 Å². The fourth-order valence-electron chi connectivity index (χ4n) is 1.80. The highest BCUT2D eigenvalue weighted by molar-refractivity contribution is 5.92. The Labute approximate surface area is 115 Å². The molecule has 0 fully saturated rings. The van der Waals surface area contributed by atoms with Crippen molar-refractivity contribution in [3.63, 3.8) is 0 Å². The first kappa shape index (κ1) is 15.5. The summed E-state index contributed by atoms with van der Waals surface area (Å²) in [5.41, 5.74) is 1.59. The van der Waals surface area contributed by atoms with Crippen molar-refractivity contribution in [3.8, 4) is 5.75 Å². The predicted octanol–water partition coefficient (Wildman–Crippen LogP) is 3.99. The molecule has 1 aromatic rings. The van der Waals surface area contributed by atoms with E-state index < -0.39 is 0 Å². The summed E-state index contributed by atoms with van der Waals surface area (Å²) in [7, 11) is 0. The van der Waals surface area contributed by atoms with Crippen molar-refractivity contribution in [3.05, 3.63) is 29.3 Å². The van der Waals surface area contributed by atoms with Gasteiger partial charge in [-0.3, -0.25) is 0 Å². The number of hydrogen-bond acceptors (Lipinski definition) is 3. The lowest BCUT2D eigenvalue weighted by Crippen LogP contribution is -2.09. The molecule has 0 aliphatic heterocycles. The van der Waals surface area contributed by atoms with Crippen molar-refractivity contribution in [1.29, 1.82) is 0 Å². The van der Waals surface area contributed by atoms with E-state index >= 15 is 0 Å². The van der Waals surface area contributed by atoms with Crippen LogP contribution >= 0.6 is 0 Å². The molecule has 1 rings (SSSR count). The molecule has 0 unspecified atom stereocenters. The van der Waals surface area contributed by atoms with Crippen LogP contribution in [0.15, 0.2) is 18.2 Å². The lowest BCUT2D eigenvalue weighted by molar-refractivity contribution is 0.0521. The largest absolute Gasteiger partial charge is 0.493 e. The van der Waals surface area contributed by atoms with Gasteiger partial charge >= 0.3 is 5.97 Å². The van der Waals surface area contributed by atoms with Crippen LogP contribution < -0.4 is 4.74 Å². The zero-order chi connectivity index (χ0) is 14.3. The van der Waals surface area contributed by atoms with Gasteiger partial charge < -0.3 is 9.47 Å². The van der Waals surface area contributed by atoms with Crippen molar-refractivity contribution in [2.45, 2.75) is 40.5 Å². The van der Waals surface area contributed by atoms with Gasteiger partial charge in [0.05, 0.1) is 13.2 Å². The molecule has 0 N–H and O–H groups in total. The van der Waals surface area contributed by atoms with E-state index in [-0.39, 0.29) is 5.97 Å². The fraction of sp³-hybridized carbons (Fsp3) is 0.562. The topological polar surface area (TPSA) is 35.5 Å². The molecule has 0 atom stereocenters. The van der Waals surface area contributed by atoms with Crippen molar-refractivity contribution in [2.75, 3.05) is 13.2 Å². The standard InChI is InChI=1S/C16H24O3/c1-5-18-16(17)14-9-8-13(4)11-15(14)19-10-6-7-12(2)3/h8-9,11-12H,5-7,10H2,1-4H3. The van der Waals surface area contributed by atoms with E-state index in [0.29, 0.717) is 30.4 Å². The molecular weight excluding hydrogens is 240 g/mol. The van der Waals surface area contributed by atoms with Crippen LogP contribution in [0.5, 0.6) is 5.75 Å². The predicted molar refractivity (Wildman–Crippen MR) is 76.7 cm³/mol. The van der Waals surface area contributed by atoms with Crippen LogP contribution in [0.25, 0.3) is 0 Å². The number of carbonyl (C=O) groups excluding carboxylic acids is 1. The van der Waals surface area contributed by atoms with Crippen molar-refractivity contribution >= 4 is 5.97 Å². The van der Waals surface area contributed by atoms with Crippen LogP contribution in [0.4, 0.5) is 0 Å². The third-order valence-electron chi connectivity index (χ3n) is 2.82. The Hall–Kier alpha value is -1.51. The summed E-state index contributed by atoms with van der Waals surface area (Å²) in [5, 5.41) is 0. The maximum atomic E-state index is 11.8. The quantitative estimate of drug-likeness (QED) is 0.552. The Morgan fingerprint density at radius 2 is 2.05 bits per heavy atom. The second kappa shape index (κ2) is 7.82. The van der Waals surface area contributed by atoms with Gasteiger partial charge in [0, 0.05) is 0 Å². The Kier molecular flexibility index (Phi) is 6.40. The molecule has 0 saturated carbocycles. The van der Waals surface area contributed by atoms with E-state index in [4.69, 9.17) is 9.47 Å². The summed E-state index contributed by atoms with van der Waals surface area (Å²) in [4.78, 5) is 11.8. The van der Waals surface area contributed by atoms with Gasteiger partial charge in [-0.2, -0.15) is 0 Å². The Balaban J connectivity index is 2.68. The number of benzene rings is 1. The van der Waals surface area contributed by atoms with Crippen LogP contribution in [-0.2, 0) is 4.74 Å². The molecule has 0 amide bonds. The smallest absolute Gasteiger partial charge is 0.341 e. The Morgan fingerprint density at radius 1 is 1.32 bits per heavy atom. The molecular formula is C16H24O3. The molecule has 3 nitrogen and oxygen atoms in total. The third-order valence-corrected chi connectivity index (χ3v) is 2.82. The van der Waals surface area contributed by atoms with Gasteiger partial charge in [0.1, 0.15) is 11.3 Å². The first-order valence-corrected chi connectivity index (χ1v) is 6.95. The minimum absolute atomic E-state index is 0.318.